The van der Waals surface area contributed by atoms with Gasteiger partial charge in [-0.05, 0) is 61.6 Å². The number of halogens is 1. The molecule has 0 aliphatic heterocycles. The van der Waals surface area contributed by atoms with Crippen molar-refractivity contribution in [2.45, 2.75) is 59.1 Å². The number of hydrogen-bond donors (Lipinski definition) is 1. The van der Waals surface area contributed by atoms with Gasteiger partial charge in [-0.2, -0.15) is 0 Å². The van der Waals surface area contributed by atoms with Crippen molar-refractivity contribution in [3.8, 4) is 39.4 Å². The van der Waals surface area contributed by atoms with Crippen molar-refractivity contribution in [3.05, 3.63) is 111 Å². The topological polar surface area (TPSA) is 103 Å². The Morgan fingerprint density at radius 3 is 2.19 bits per heavy atom. The zero-order valence-electron chi connectivity index (χ0n) is 24.8. The minimum absolute atomic E-state index is 0.0628. The highest BCUT2D eigenvalue weighted by molar-refractivity contribution is 5.80. The van der Waals surface area contributed by atoms with Crippen LogP contribution in [0, 0.1) is 0 Å². The number of nitrogens with one attached hydrogen (secondary N) is 1. The van der Waals surface area contributed by atoms with E-state index in [0.29, 0.717) is 47.2 Å². The third-order valence-corrected chi connectivity index (χ3v) is 6.92. The van der Waals surface area contributed by atoms with Gasteiger partial charge in [0, 0.05) is 18.4 Å². The van der Waals surface area contributed by atoms with Gasteiger partial charge in [0.05, 0.1) is 24.5 Å². The number of aryl methyl sites for hydroxylation is 2. The molecular weight excluding hydrogens is 547 g/mol. The van der Waals surface area contributed by atoms with Crippen LogP contribution in [0.1, 0.15) is 51.2 Å². The standard InChI is InChI=1S/C34H35FN4O4/c1-5-8-29-36-28(19-20-35)30(24-15-17-25(18-16-24)42-34(2,3)4)32(40)39(29)21-22-11-13-23(14-12-22)26-9-6-7-10-27(26)31-37-33(41)43-38-31/h6-7,9-18H,5,8,19-21H2,1-4H3,(H,37,38,41). The molecule has 0 amide bonds. The zero-order chi connectivity index (χ0) is 30.6. The van der Waals surface area contributed by atoms with Gasteiger partial charge in [-0.3, -0.25) is 23.3 Å². The van der Waals surface area contributed by atoms with Crippen LogP contribution in [0.2, 0.25) is 0 Å². The average molecular weight is 583 g/mol. The largest absolute Gasteiger partial charge is 0.488 e. The number of aromatic amines is 1. The molecule has 5 aromatic rings. The highest BCUT2D eigenvalue weighted by Gasteiger charge is 2.19. The average Bonchev–Trinajstić information content (AvgIpc) is 3.42. The fourth-order valence-corrected chi connectivity index (χ4v) is 5.09. The van der Waals surface area contributed by atoms with Crippen LogP contribution in [-0.4, -0.2) is 32.0 Å². The van der Waals surface area contributed by atoms with Crippen LogP contribution in [-0.2, 0) is 19.4 Å². The van der Waals surface area contributed by atoms with Gasteiger partial charge in [-0.1, -0.05) is 72.7 Å². The number of alkyl halides is 1. The second-order valence-electron chi connectivity index (χ2n) is 11.4. The molecular formula is C34H35FN4O4. The number of ether oxygens (including phenoxy) is 1. The van der Waals surface area contributed by atoms with Crippen LogP contribution in [0.15, 0.2) is 86.9 Å². The van der Waals surface area contributed by atoms with Crippen LogP contribution < -0.4 is 16.1 Å². The van der Waals surface area contributed by atoms with E-state index >= 15 is 0 Å². The zero-order valence-corrected chi connectivity index (χ0v) is 24.8. The summed E-state index contributed by atoms with van der Waals surface area (Å²) in [4.78, 5) is 33.1. The summed E-state index contributed by atoms with van der Waals surface area (Å²) in [6.45, 7) is 7.65. The lowest BCUT2D eigenvalue weighted by Crippen LogP contribution is -2.29. The van der Waals surface area contributed by atoms with Gasteiger partial charge in [0.15, 0.2) is 5.82 Å². The van der Waals surface area contributed by atoms with Crippen LogP contribution >= 0.6 is 0 Å². The summed E-state index contributed by atoms with van der Waals surface area (Å²) >= 11 is 0. The first-order chi connectivity index (χ1) is 20.7. The molecule has 1 N–H and O–H groups in total. The Morgan fingerprint density at radius 2 is 1.58 bits per heavy atom. The third kappa shape index (κ3) is 6.83. The summed E-state index contributed by atoms with van der Waals surface area (Å²) in [6.07, 6.45) is 1.45. The van der Waals surface area contributed by atoms with Crippen LogP contribution in [0.4, 0.5) is 4.39 Å². The van der Waals surface area contributed by atoms with E-state index in [1.165, 1.54) is 0 Å². The van der Waals surface area contributed by atoms with E-state index in [9.17, 15) is 14.0 Å². The monoisotopic (exact) mass is 582 g/mol. The molecule has 5 rings (SSSR count). The van der Waals surface area contributed by atoms with Gasteiger partial charge in [-0.25, -0.2) is 9.78 Å². The van der Waals surface area contributed by atoms with E-state index in [1.54, 1.807) is 4.57 Å². The molecule has 0 aliphatic rings. The fourth-order valence-electron chi connectivity index (χ4n) is 5.09. The van der Waals surface area contributed by atoms with Crippen molar-refractivity contribution < 1.29 is 13.7 Å². The maximum atomic E-state index is 14.1. The molecule has 0 saturated heterocycles. The molecule has 0 saturated carbocycles. The van der Waals surface area contributed by atoms with Crippen LogP contribution in [0.5, 0.6) is 5.75 Å². The Balaban J connectivity index is 1.51. The van der Waals surface area contributed by atoms with Crippen LogP contribution in [0.3, 0.4) is 0 Å². The van der Waals surface area contributed by atoms with Gasteiger partial charge < -0.3 is 4.74 Å². The summed E-state index contributed by atoms with van der Waals surface area (Å²) in [5, 5.41) is 3.84. The Hall–Kier alpha value is -4.79. The van der Waals surface area contributed by atoms with Gasteiger partial charge >= 0.3 is 5.76 Å². The Bertz CT molecular complexity index is 1810. The first-order valence-electron chi connectivity index (χ1n) is 14.4. The molecule has 0 bridgehead atoms. The number of benzene rings is 3. The molecule has 9 heteroatoms. The molecule has 8 nitrogen and oxygen atoms in total. The highest BCUT2D eigenvalue weighted by Crippen LogP contribution is 2.30. The number of aromatic nitrogens is 4. The number of rotatable bonds is 10. The maximum Gasteiger partial charge on any atom is 0.439 e. The predicted octanol–water partition coefficient (Wildman–Crippen LogP) is 6.61. The fraction of sp³-hybridized carbons (Fsp3) is 0.294. The van der Waals surface area contributed by atoms with Crippen molar-refractivity contribution in [2.24, 2.45) is 0 Å². The minimum Gasteiger partial charge on any atom is -0.488 e. The first-order valence-corrected chi connectivity index (χ1v) is 14.4. The summed E-state index contributed by atoms with van der Waals surface area (Å²) in [5.74, 6) is 1.06. The molecule has 0 atom stereocenters. The minimum atomic E-state index is -0.617. The molecule has 3 aromatic carbocycles. The Labute approximate surface area is 249 Å². The molecule has 0 spiro atoms. The summed E-state index contributed by atoms with van der Waals surface area (Å²) < 4.78 is 26.0. The smallest absolute Gasteiger partial charge is 0.439 e. The molecule has 43 heavy (non-hydrogen) atoms. The predicted molar refractivity (Wildman–Crippen MR) is 165 cm³/mol. The van der Waals surface area contributed by atoms with E-state index in [0.717, 1.165) is 28.7 Å². The molecule has 222 valence electrons. The molecule has 0 unspecified atom stereocenters. The Kier molecular flexibility index (Phi) is 8.71. The van der Waals surface area contributed by atoms with Crippen LogP contribution in [0.25, 0.3) is 33.6 Å². The number of nitrogens with zero attached hydrogens (tertiary/aromatic N) is 3. The first kappa shape index (κ1) is 29.7. The number of hydrogen-bond acceptors (Lipinski definition) is 6. The lowest BCUT2D eigenvalue weighted by molar-refractivity contribution is 0.131. The summed E-state index contributed by atoms with van der Waals surface area (Å²) in [7, 11) is 0. The third-order valence-electron chi connectivity index (χ3n) is 6.92. The van der Waals surface area contributed by atoms with E-state index in [1.807, 2.05) is 100 Å². The van der Waals surface area contributed by atoms with Crippen molar-refractivity contribution in [1.82, 2.24) is 19.7 Å². The normalized spacial score (nSPS) is 11.6. The van der Waals surface area contributed by atoms with Gasteiger partial charge in [0.2, 0.25) is 0 Å². The highest BCUT2D eigenvalue weighted by atomic mass is 19.1. The van der Waals surface area contributed by atoms with E-state index < -0.39 is 12.4 Å². The van der Waals surface area contributed by atoms with Gasteiger partial charge in [-0.15, -0.1) is 0 Å². The second-order valence-corrected chi connectivity index (χ2v) is 11.4. The molecule has 2 heterocycles. The Morgan fingerprint density at radius 1 is 0.907 bits per heavy atom. The van der Waals surface area contributed by atoms with E-state index in [2.05, 4.69) is 10.1 Å². The van der Waals surface area contributed by atoms with Crippen molar-refractivity contribution in [2.75, 3.05) is 6.67 Å². The number of H-pyrrole nitrogens is 1. The lowest BCUT2D eigenvalue weighted by atomic mass is 9.98. The molecule has 0 fully saturated rings. The second kappa shape index (κ2) is 12.6. The van der Waals surface area contributed by atoms with E-state index in [-0.39, 0.29) is 17.6 Å². The quantitative estimate of drug-likeness (QED) is 0.199. The SMILES string of the molecule is CCCc1nc(CCF)c(-c2ccc(OC(C)(C)C)cc2)c(=O)n1Cc1ccc(-c2ccccc2-c2noc(=O)[nH]2)cc1. The molecule has 0 aliphatic carbocycles. The van der Waals surface area contributed by atoms with Gasteiger partial charge in [0.25, 0.3) is 5.56 Å². The van der Waals surface area contributed by atoms with Crippen molar-refractivity contribution in [3.63, 3.8) is 0 Å². The molecule has 0 radical (unpaired) electrons. The van der Waals surface area contributed by atoms with Crippen molar-refractivity contribution >= 4 is 0 Å². The summed E-state index contributed by atoms with van der Waals surface area (Å²) in [5.41, 5.74) is 4.44. The van der Waals surface area contributed by atoms with E-state index in [4.69, 9.17) is 14.2 Å². The van der Waals surface area contributed by atoms with Crippen molar-refractivity contribution in [1.29, 1.82) is 0 Å². The maximum absolute atomic E-state index is 14.1. The summed E-state index contributed by atoms with van der Waals surface area (Å²) in [6, 6.07) is 22.8. The lowest BCUT2D eigenvalue weighted by Gasteiger charge is -2.21. The van der Waals surface area contributed by atoms with Gasteiger partial charge in [0.1, 0.15) is 17.2 Å². The molecule has 2 aromatic heterocycles.